The summed E-state index contributed by atoms with van der Waals surface area (Å²) >= 11 is 0. The molecule has 8 heteroatoms. The summed E-state index contributed by atoms with van der Waals surface area (Å²) in [5, 5.41) is 8.41. The third-order valence-electron chi connectivity index (χ3n) is 2.45. The van der Waals surface area contributed by atoms with Gasteiger partial charge in [0.05, 0.1) is 12.1 Å². The van der Waals surface area contributed by atoms with Crippen LogP contribution in [0.5, 0.6) is 0 Å². The van der Waals surface area contributed by atoms with Crippen molar-refractivity contribution in [3.8, 4) is 6.07 Å². The van der Waals surface area contributed by atoms with Gasteiger partial charge in [-0.05, 0) is 12.8 Å². The van der Waals surface area contributed by atoms with Crippen LogP contribution in [-0.2, 0) is 14.3 Å². The Hall–Kier alpha value is -1.23. The van der Waals surface area contributed by atoms with Gasteiger partial charge in [-0.15, -0.1) is 0 Å². The maximum atomic E-state index is 12.1. The van der Waals surface area contributed by atoms with Gasteiger partial charge in [-0.3, -0.25) is 0 Å². The number of halogens is 3. The first-order valence-corrected chi connectivity index (χ1v) is 6.29. The zero-order valence-corrected chi connectivity index (χ0v) is 9.51. The highest BCUT2D eigenvalue weighted by Gasteiger charge is 2.49. The van der Waals surface area contributed by atoms with Crippen molar-refractivity contribution < 1.29 is 25.8 Å². The van der Waals surface area contributed by atoms with Gasteiger partial charge < -0.3 is 4.18 Å². The Balaban J connectivity index is 2.90. The van der Waals surface area contributed by atoms with Gasteiger partial charge in [-0.1, -0.05) is 12.8 Å². The molecular weight excluding hydrogens is 259 g/mol. The van der Waals surface area contributed by atoms with E-state index in [-0.39, 0.29) is 0 Å². The molecule has 0 aromatic heterocycles. The average molecular weight is 269 g/mol. The van der Waals surface area contributed by atoms with Crippen LogP contribution in [0.4, 0.5) is 13.2 Å². The maximum Gasteiger partial charge on any atom is 0.534 e. The number of allylic oxidation sites excluding steroid dienone is 2. The Kier molecular flexibility index (Phi) is 4.03. The van der Waals surface area contributed by atoms with Gasteiger partial charge in [-0.25, -0.2) is 0 Å². The smallest absolute Gasteiger partial charge is 0.380 e. The molecule has 0 unspecified atom stereocenters. The molecule has 0 aromatic rings. The van der Waals surface area contributed by atoms with Gasteiger partial charge in [0.1, 0.15) is 5.76 Å². The molecule has 1 fully saturated rings. The topological polar surface area (TPSA) is 67.2 Å². The molecule has 0 aromatic carbocycles. The zero-order chi connectivity index (χ0) is 13.1. The van der Waals surface area contributed by atoms with Crippen LogP contribution < -0.4 is 0 Å². The van der Waals surface area contributed by atoms with Crippen molar-refractivity contribution in [2.24, 2.45) is 5.92 Å². The number of alkyl halides is 3. The average Bonchev–Trinajstić information content (AvgIpc) is 2.67. The van der Waals surface area contributed by atoms with Crippen molar-refractivity contribution in [3.63, 3.8) is 0 Å². The molecule has 1 aliphatic rings. The molecule has 1 rings (SSSR count). The molecule has 4 nitrogen and oxygen atoms in total. The molecule has 0 bridgehead atoms. The fourth-order valence-corrected chi connectivity index (χ4v) is 2.19. The molecule has 0 aliphatic heterocycles. The van der Waals surface area contributed by atoms with Gasteiger partial charge >= 0.3 is 15.6 Å². The monoisotopic (exact) mass is 269 g/mol. The van der Waals surface area contributed by atoms with Crippen LogP contribution in [0.1, 0.15) is 25.7 Å². The molecule has 0 amide bonds. The second kappa shape index (κ2) is 4.96. The van der Waals surface area contributed by atoms with E-state index in [0.717, 1.165) is 18.9 Å². The van der Waals surface area contributed by atoms with Gasteiger partial charge in [-0.2, -0.15) is 26.9 Å². The van der Waals surface area contributed by atoms with Crippen LogP contribution in [0.25, 0.3) is 0 Å². The summed E-state index contributed by atoms with van der Waals surface area (Å²) < 4.78 is 61.9. The van der Waals surface area contributed by atoms with Crippen LogP contribution in [0, 0.1) is 17.2 Å². The Morgan fingerprint density at radius 2 is 1.88 bits per heavy atom. The first-order valence-electron chi connectivity index (χ1n) is 4.88. The fourth-order valence-electron chi connectivity index (χ4n) is 1.66. The van der Waals surface area contributed by atoms with E-state index in [1.807, 2.05) is 0 Å². The second-order valence-corrected chi connectivity index (χ2v) is 5.18. The normalized spacial score (nSPS) is 19.1. The van der Waals surface area contributed by atoms with E-state index in [1.54, 1.807) is 0 Å². The third-order valence-corrected chi connectivity index (χ3v) is 3.43. The lowest BCUT2D eigenvalue weighted by atomic mass is 10.1. The first kappa shape index (κ1) is 13.8. The minimum atomic E-state index is -5.68. The number of nitrogens with zero attached hydrogens (tertiary/aromatic N) is 1. The zero-order valence-electron chi connectivity index (χ0n) is 8.70. The Morgan fingerprint density at radius 1 is 1.35 bits per heavy atom. The fraction of sp³-hybridized carbons (Fsp3) is 0.667. The summed E-state index contributed by atoms with van der Waals surface area (Å²) in [6, 6.07) is 1.50. The standard InChI is InChI=1S/C9H10F3NO3S/c10-9(11,12)17(14,15)16-8(5-6-13)7-3-1-2-4-7/h5,7H,1-4H2. The summed E-state index contributed by atoms with van der Waals surface area (Å²) in [7, 11) is -5.68. The lowest BCUT2D eigenvalue weighted by molar-refractivity contribution is -0.0526. The third kappa shape index (κ3) is 3.36. The molecule has 1 aliphatic carbocycles. The molecule has 0 atom stereocenters. The lowest BCUT2D eigenvalue weighted by Crippen LogP contribution is -2.26. The SMILES string of the molecule is N#CC=C(OS(=O)(=O)C(F)(F)F)C1CCCC1. The molecule has 0 saturated heterocycles. The Bertz CT molecular complexity index is 441. The Labute approximate surface area is 96.8 Å². The van der Waals surface area contributed by atoms with Crippen molar-refractivity contribution in [3.05, 3.63) is 11.8 Å². The molecule has 0 radical (unpaired) electrons. The lowest BCUT2D eigenvalue weighted by Gasteiger charge is -2.15. The van der Waals surface area contributed by atoms with Crippen molar-refractivity contribution in [1.29, 1.82) is 5.26 Å². The highest BCUT2D eigenvalue weighted by molar-refractivity contribution is 7.87. The van der Waals surface area contributed by atoms with E-state index in [1.165, 1.54) is 6.07 Å². The van der Waals surface area contributed by atoms with Crippen molar-refractivity contribution in [2.45, 2.75) is 31.2 Å². The minimum Gasteiger partial charge on any atom is -0.380 e. The molecular formula is C9H10F3NO3S. The minimum absolute atomic E-state index is 0.415. The summed E-state index contributed by atoms with van der Waals surface area (Å²) in [6.45, 7) is 0. The van der Waals surface area contributed by atoms with Crippen LogP contribution in [0.15, 0.2) is 11.8 Å². The molecule has 0 spiro atoms. The van der Waals surface area contributed by atoms with Crippen LogP contribution in [0.2, 0.25) is 0 Å². The highest BCUT2D eigenvalue weighted by Crippen LogP contribution is 2.35. The van der Waals surface area contributed by atoms with Gasteiger partial charge in [0, 0.05) is 5.92 Å². The van der Waals surface area contributed by atoms with E-state index in [2.05, 4.69) is 4.18 Å². The van der Waals surface area contributed by atoms with E-state index < -0.39 is 27.3 Å². The Morgan fingerprint density at radius 3 is 2.29 bits per heavy atom. The van der Waals surface area contributed by atoms with Gasteiger partial charge in [0.15, 0.2) is 0 Å². The molecule has 17 heavy (non-hydrogen) atoms. The quantitative estimate of drug-likeness (QED) is 0.341. The number of hydrogen-bond donors (Lipinski definition) is 0. The van der Waals surface area contributed by atoms with Gasteiger partial charge in [0.25, 0.3) is 0 Å². The van der Waals surface area contributed by atoms with Crippen molar-refractivity contribution >= 4 is 10.1 Å². The predicted octanol–water partition coefficient (Wildman–Crippen LogP) is 2.45. The van der Waals surface area contributed by atoms with E-state index >= 15 is 0 Å². The number of hydrogen-bond acceptors (Lipinski definition) is 4. The number of rotatable bonds is 3. The molecule has 1 saturated carbocycles. The van der Waals surface area contributed by atoms with E-state index in [9.17, 15) is 21.6 Å². The van der Waals surface area contributed by atoms with Gasteiger partial charge in [0.2, 0.25) is 0 Å². The van der Waals surface area contributed by atoms with Crippen molar-refractivity contribution in [1.82, 2.24) is 0 Å². The van der Waals surface area contributed by atoms with E-state index in [4.69, 9.17) is 5.26 Å². The maximum absolute atomic E-state index is 12.1. The summed E-state index contributed by atoms with van der Waals surface area (Å²) in [5.41, 5.74) is -5.47. The second-order valence-electron chi connectivity index (χ2n) is 3.64. The summed E-state index contributed by atoms with van der Waals surface area (Å²) in [6.07, 6.45) is 3.34. The highest BCUT2D eigenvalue weighted by atomic mass is 32.2. The number of nitriles is 1. The molecule has 96 valence electrons. The summed E-state index contributed by atoms with van der Waals surface area (Å²) in [4.78, 5) is 0. The van der Waals surface area contributed by atoms with Crippen LogP contribution in [0.3, 0.4) is 0 Å². The first-order chi connectivity index (χ1) is 7.78. The van der Waals surface area contributed by atoms with Crippen LogP contribution in [-0.4, -0.2) is 13.9 Å². The van der Waals surface area contributed by atoms with E-state index in [0.29, 0.717) is 12.8 Å². The summed E-state index contributed by atoms with van der Waals surface area (Å²) in [5.74, 6) is -0.839. The largest absolute Gasteiger partial charge is 0.534 e. The molecule has 0 N–H and O–H groups in total. The van der Waals surface area contributed by atoms with Crippen LogP contribution >= 0.6 is 0 Å². The molecule has 0 heterocycles. The van der Waals surface area contributed by atoms with Crippen molar-refractivity contribution in [2.75, 3.05) is 0 Å². The predicted molar refractivity (Wildman–Crippen MR) is 51.7 cm³/mol.